The molecule has 2 heterocycles. The maximum atomic E-state index is 5.96. The fourth-order valence-electron chi connectivity index (χ4n) is 3.94. The molecule has 4 rings (SSSR count). The van der Waals surface area contributed by atoms with Crippen LogP contribution in [-0.4, -0.2) is 62.3 Å². The van der Waals surface area contributed by atoms with E-state index in [1.807, 2.05) is 48.7 Å². The van der Waals surface area contributed by atoms with Crippen LogP contribution in [0.15, 0.2) is 53.1 Å². The molecular formula is C24H29N3O4. The normalized spacial score (nSPS) is 15.1. The van der Waals surface area contributed by atoms with E-state index >= 15 is 0 Å². The standard InChI is InChI=1S/C24H29N3O4/c1-28-20-10-9-19(23(29-2)24(20)30-3)16-26-11-13-27(14-12-26)17-22-25-15-21(31-22)18-7-5-4-6-8-18/h4-10,15H,11-14,16-17H2,1-3H3. The van der Waals surface area contributed by atoms with Crippen molar-refractivity contribution in [1.82, 2.24) is 14.8 Å². The molecule has 0 bridgehead atoms. The summed E-state index contributed by atoms with van der Waals surface area (Å²) in [4.78, 5) is 9.27. The number of rotatable bonds is 8. The van der Waals surface area contributed by atoms with Gasteiger partial charge in [0.25, 0.3) is 0 Å². The van der Waals surface area contributed by atoms with Crippen molar-refractivity contribution in [2.24, 2.45) is 0 Å². The average Bonchev–Trinajstić information content (AvgIpc) is 3.29. The lowest BCUT2D eigenvalue weighted by Crippen LogP contribution is -2.45. The zero-order valence-electron chi connectivity index (χ0n) is 18.3. The SMILES string of the molecule is COc1ccc(CN2CCN(Cc3ncc(-c4ccccc4)o3)CC2)c(OC)c1OC. The maximum absolute atomic E-state index is 5.96. The van der Waals surface area contributed by atoms with Crippen molar-refractivity contribution in [3.8, 4) is 28.6 Å². The number of hydrogen-bond acceptors (Lipinski definition) is 7. The monoisotopic (exact) mass is 423 g/mol. The third-order valence-electron chi connectivity index (χ3n) is 5.62. The van der Waals surface area contributed by atoms with Crippen LogP contribution >= 0.6 is 0 Å². The summed E-state index contributed by atoms with van der Waals surface area (Å²) >= 11 is 0. The fraction of sp³-hybridized carbons (Fsp3) is 0.375. The highest BCUT2D eigenvalue weighted by atomic mass is 16.5. The Morgan fingerprint density at radius 2 is 1.48 bits per heavy atom. The van der Waals surface area contributed by atoms with Gasteiger partial charge >= 0.3 is 0 Å². The van der Waals surface area contributed by atoms with Gasteiger partial charge in [0.05, 0.1) is 34.1 Å². The number of aromatic nitrogens is 1. The summed E-state index contributed by atoms with van der Waals surface area (Å²) in [5.74, 6) is 3.62. The van der Waals surface area contributed by atoms with Gasteiger partial charge in [-0.25, -0.2) is 4.98 Å². The second-order valence-electron chi connectivity index (χ2n) is 7.53. The number of ether oxygens (including phenoxy) is 3. The Balaban J connectivity index is 1.34. The minimum atomic E-state index is 0.638. The van der Waals surface area contributed by atoms with E-state index in [4.69, 9.17) is 18.6 Å². The lowest BCUT2D eigenvalue weighted by atomic mass is 10.1. The van der Waals surface area contributed by atoms with Crippen LogP contribution in [0, 0.1) is 0 Å². The van der Waals surface area contributed by atoms with Crippen LogP contribution < -0.4 is 14.2 Å². The van der Waals surface area contributed by atoms with Crippen LogP contribution in [0.3, 0.4) is 0 Å². The highest BCUT2D eigenvalue weighted by Crippen LogP contribution is 2.40. The van der Waals surface area contributed by atoms with E-state index < -0.39 is 0 Å². The van der Waals surface area contributed by atoms with Crippen LogP contribution in [0.25, 0.3) is 11.3 Å². The van der Waals surface area contributed by atoms with E-state index in [0.717, 1.165) is 67.8 Å². The second-order valence-corrected chi connectivity index (χ2v) is 7.53. The van der Waals surface area contributed by atoms with Gasteiger partial charge in [0, 0.05) is 43.9 Å². The van der Waals surface area contributed by atoms with Crippen LogP contribution in [0.5, 0.6) is 17.2 Å². The minimum Gasteiger partial charge on any atom is -0.493 e. The maximum Gasteiger partial charge on any atom is 0.209 e. The quantitative estimate of drug-likeness (QED) is 0.548. The third-order valence-corrected chi connectivity index (χ3v) is 5.62. The van der Waals surface area contributed by atoms with Crippen molar-refractivity contribution in [2.45, 2.75) is 13.1 Å². The molecule has 164 valence electrons. The Hall–Kier alpha value is -3.03. The zero-order valence-corrected chi connectivity index (χ0v) is 18.3. The van der Waals surface area contributed by atoms with Crippen molar-refractivity contribution < 1.29 is 18.6 Å². The van der Waals surface area contributed by atoms with E-state index in [-0.39, 0.29) is 0 Å². The van der Waals surface area contributed by atoms with Gasteiger partial charge in [0.2, 0.25) is 11.6 Å². The van der Waals surface area contributed by atoms with Gasteiger partial charge in [-0.3, -0.25) is 9.80 Å². The van der Waals surface area contributed by atoms with Gasteiger partial charge in [0.15, 0.2) is 17.3 Å². The summed E-state index contributed by atoms with van der Waals surface area (Å²) in [7, 11) is 4.93. The zero-order chi connectivity index (χ0) is 21.6. The molecule has 7 nitrogen and oxygen atoms in total. The van der Waals surface area contributed by atoms with Gasteiger partial charge in [-0.1, -0.05) is 36.4 Å². The number of methoxy groups -OCH3 is 3. The molecule has 0 N–H and O–H groups in total. The van der Waals surface area contributed by atoms with Gasteiger partial charge < -0.3 is 18.6 Å². The third kappa shape index (κ3) is 4.84. The molecular weight excluding hydrogens is 394 g/mol. The van der Waals surface area contributed by atoms with E-state index in [0.29, 0.717) is 11.5 Å². The van der Waals surface area contributed by atoms with Crippen LogP contribution in [0.1, 0.15) is 11.5 Å². The van der Waals surface area contributed by atoms with Gasteiger partial charge in [-0.15, -0.1) is 0 Å². The molecule has 0 radical (unpaired) electrons. The van der Waals surface area contributed by atoms with Crippen molar-refractivity contribution in [3.05, 3.63) is 60.1 Å². The van der Waals surface area contributed by atoms with Crippen molar-refractivity contribution in [2.75, 3.05) is 47.5 Å². The molecule has 2 aromatic carbocycles. The van der Waals surface area contributed by atoms with E-state index in [1.165, 1.54) is 0 Å². The Bertz CT molecular complexity index is 982. The van der Waals surface area contributed by atoms with E-state index in [9.17, 15) is 0 Å². The van der Waals surface area contributed by atoms with Crippen LogP contribution in [0.2, 0.25) is 0 Å². The fourth-order valence-corrected chi connectivity index (χ4v) is 3.94. The lowest BCUT2D eigenvalue weighted by Gasteiger charge is -2.34. The molecule has 0 aliphatic carbocycles. The van der Waals surface area contributed by atoms with Gasteiger partial charge in [-0.05, 0) is 6.07 Å². The molecule has 0 spiro atoms. The molecule has 3 aromatic rings. The first-order chi connectivity index (χ1) is 15.2. The summed E-state index contributed by atoms with van der Waals surface area (Å²) in [5, 5.41) is 0. The summed E-state index contributed by atoms with van der Waals surface area (Å²) in [6.07, 6.45) is 1.81. The molecule has 1 fully saturated rings. The molecule has 0 atom stereocenters. The smallest absolute Gasteiger partial charge is 0.209 e. The highest BCUT2D eigenvalue weighted by molar-refractivity contribution is 5.56. The molecule has 0 unspecified atom stereocenters. The largest absolute Gasteiger partial charge is 0.493 e. The van der Waals surface area contributed by atoms with Crippen molar-refractivity contribution >= 4 is 0 Å². The number of nitrogens with zero attached hydrogens (tertiary/aromatic N) is 3. The molecule has 1 saturated heterocycles. The Kier molecular flexibility index (Phi) is 6.74. The number of hydrogen-bond donors (Lipinski definition) is 0. The summed E-state index contributed by atoms with van der Waals surface area (Å²) < 4.78 is 22.5. The predicted octanol–water partition coefficient (Wildman–Crippen LogP) is 3.69. The minimum absolute atomic E-state index is 0.638. The van der Waals surface area contributed by atoms with Crippen molar-refractivity contribution in [3.63, 3.8) is 0 Å². The summed E-state index contributed by atoms with van der Waals surface area (Å²) in [6.45, 7) is 5.36. The molecule has 31 heavy (non-hydrogen) atoms. The number of benzene rings is 2. The Morgan fingerprint density at radius 3 is 2.13 bits per heavy atom. The molecule has 0 amide bonds. The summed E-state index contributed by atoms with van der Waals surface area (Å²) in [6, 6.07) is 14.0. The highest BCUT2D eigenvalue weighted by Gasteiger charge is 2.22. The molecule has 1 aliphatic rings. The molecule has 1 aliphatic heterocycles. The second kappa shape index (κ2) is 9.85. The van der Waals surface area contributed by atoms with Crippen LogP contribution in [-0.2, 0) is 13.1 Å². The first-order valence-corrected chi connectivity index (χ1v) is 10.4. The van der Waals surface area contributed by atoms with Gasteiger partial charge in [0.1, 0.15) is 0 Å². The predicted molar refractivity (Wildman–Crippen MR) is 119 cm³/mol. The van der Waals surface area contributed by atoms with Crippen molar-refractivity contribution in [1.29, 1.82) is 0 Å². The molecule has 0 saturated carbocycles. The molecule has 7 heteroatoms. The average molecular weight is 424 g/mol. The number of piperazine rings is 1. The Labute approximate surface area is 183 Å². The molecule has 1 aromatic heterocycles. The Morgan fingerprint density at radius 1 is 0.806 bits per heavy atom. The number of oxazole rings is 1. The van der Waals surface area contributed by atoms with E-state index in [2.05, 4.69) is 14.8 Å². The topological polar surface area (TPSA) is 60.2 Å². The van der Waals surface area contributed by atoms with E-state index in [1.54, 1.807) is 21.3 Å². The van der Waals surface area contributed by atoms with Gasteiger partial charge in [-0.2, -0.15) is 0 Å². The summed E-state index contributed by atoms with van der Waals surface area (Å²) in [5.41, 5.74) is 2.14. The lowest BCUT2D eigenvalue weighted by molar-refractivity contribution is 0.114. The first kappa shape index (κ1) is 21.2. The first-order valence-electron chi connectivity index (χ1n) is 10.4. The van der Waals surface area contributed by atoms with Crippen LogP contribution in [0.4, 0.5) is 0 Å².